The summed E-state index contributed by atoms with van der Waals surface area (Å²) in [4.78, 5) is 5.67. The van der Waals surface area contributed by atoms with Crippen LogP contribution in [0.15, 0.2) is 18.2 Å². The normalized spacial score (nSPS) is 16.8. The molecule has 1 heterocycles. The summed E-state index contributed by atoms with van der Waals surface area (Å²) >= 11 is 0. The average Bonchev–Trinajstić information content (AvgIpc) is 2.88. The predicted molar refractivity (Wildman–Crippen MR) is 67.9 cm³/mol. The Morgan fingerprint density at radius 2 is 1.95 bits per heavy atom. The number of aromatic nitrogens is 1. The van der Waals surface area contributed by atoms with E-state index in [2.05, 4.69) is 4.98 Å². The van der Waals surface area contributed by atoms with Gasteiger partial charge in [-0.3, -0.25) is 0 Å². The second-order valence-electron chi connectivity index (χ2n) is 4.80. The van der Waals surface area contributed by atoms with Crippen molar-refractivity contribution in [1.29, 1.82) is 0 Å². The number of rotatable bonds is 4. The van der Waals surface area contributed by atoms with Gasteiger partial charge in [-0.25, -0.2) is 4.98 Å². The van der Waals surface area contributed by atoms with Gasteiger partial charge in [0, 0.05) is 19.1 Å². The second-order valence-corrected chi connectivity index (χ2v) is 4.80. The summed E-state index contributed by atoms with van der Waals surface area (Å²) in [7, 11) is 0. The first-order valence-electron chi connectivity index (χ1n) is 6.53. The molecule has 0 saturated heterocycles. The molecule has 0 amide bonds. The van der Waals surface area contributed by atoms with Crippen molar-refractivity contribution in [2.45, 2.75) is 37.9 Å². The largest absolute Gasteiger partial charge is 0.433 e. The Hall–Kier alpha value is -1.30. The minimum absolute atomic E-state index is 0.263. The van der Waals surface area contributed by atoms with Crippen LogP contribution < -0.4 is 10.6 Å². The van der Waals surface area contributed by atoms with Crippen molar-refractivity contribution < 1.29 is 13.2 Å². The molecule has 2 N–H and O–H groups in total. The highest BCUT2D eigenvalue weighted by Crippen LogP contribution is 2.31. The van der Waals surface area contributed by atoms with Crippen molar-refractivity contribution in [1.82, 2.24) is 4.98 Å². The van der Waals surface area contributed by atoms with Gasteiger partial charge in [0.25, 0.3) is 0 Å². The smallest absolute Gasteiger partial charge is 0.352 e. The van der Waals surface area contributed by atoms with Gasteiger partial charge in [0.15, 0.2) is 0 Å². The van der Waals surface area contributed by atoms with E-state index in [1.807, 2.05) is 4.90 Å². The summed E-state index contributed by atoms with van der Waals surface area (Å²) < 4.78 is 38.1. The third-order valence-electron chi connectivity index (χ3n) is 3.45. The zero-order chi connectivity index (χ0) is 13.9. The molecule has 1 aromatic heterocycles. The summed E-state index contributed by atoms with van der Waals surface area (Å²) in [5.41, 5.74) is 4.72. The first-order chi connectivity index (χ1) is 9.02. The molecule has 106 valence electrons. The van der Waals surface area contributed by atoms with E-state index in [9.17, 15) is 13.2 Å². The van der Waals surface area contributed by atoms with E-state index >= 15 is 0 Å². The number of halogens is 3. The Labute approximate surface area is 110 Å². The van der Waals surface area contributed by atoms with Gasteiger partial charge < -0.3 is 10.6 Å². The van der Waals surface area contributed by atoms with E-state index in [0.717, 1.165) is 31.7 Å². The topological polar surface area (TPSA) is 42.1 Å². The molecule has 0 atom stereocenters. The Balaban J connectivity index is 2.25. The lowest BCUT2D eigenvalue weighted by Gasteiger charge is -2.30. The molecule has 0 unspecified atom stereocenters. The Morgan fingerprint density at radius 1 is 1.26 bits per heavy atom. The molecule has 0 radical (unpaired) electrons. The van der Waals surface area contributed by atoms with Gasteiger partial charge >= 0.3 is 6.18 Å². The first-order valence-corrected chi connectivity index (χ1v) is 6.53. The fourth-order valence-corrected chi connectivity index (χ4v) is 2.58. The summed E-state index contributed by atoms with van der Waals surface area (Å²) in [5, 5.41) is 0. The fourth-order valence-electron chi connectivity index (χ4n) is 2.58. The van der Waals surface area contributed by atoms with Gasteiger partial charge in [0.1, 0.15) is 11.5 Å². The molecule has 3 nitrogen and oxygen atoms in total. The lowest BCUT2D eigenvalue weighted by Crippen LogP contribution is -2.38. The monoisotopic (exact) mass is 273 g/mol. The van der Waals surface area contributed by atoms with E-state index in [-0.39, 0.29) is 6.04 Å². The molecule has 1 fully saturated rings. The maximum absolute atomic E-state index is 12.7. The van der Waals surface area contributed by atoms with E-state index in [1.165, 1.54) is 6.07 Å². The van der Waals surface area contributed by atoms with Gasteiger partial charge in [-0.15, -0.1) is 0 Å². The van der Waals surface area contributed by atoms with Gasteiger partial charge in [-0.1, -0.05) is 18.9 Å². The summed E-state index contributed by atoms with van der Waals surface area (Å²) in [6.45, 7) is 0.952. The minimum atomic E-state index is -4.40. The molecule has 19 heavy (non-hydrogen) atoms. The Bertz CT molecular complexity index is 414. The quantitative estimate of drug-likeness (QED) is 0.917. The molecule has 0 aliphatic heterocycles. The van der Waals surface area contributed by atoms with Crippen LogP contribution in [0.1, 0.15) is 31.4 Å². The van der Waals surface area contributed by atoms with Crippen molar-refractivity contribution in [2.24, 2.45) is 5.73 Å². The van der Waals surface area contributed by atoms with Crippen LogP contribution in [-0.2, 0) is 6.18 Å². The van der Waals surface area contributed by atoms with Crippen LogP contribution in [0.5, 0.6) is 0 Å². The van der Waals surface area contributed by atoms with Crippen molar-refractivity contribution in [3.8, 4) is 0 Å². The van der Waals surface area contributed by atoms with Gasteiger partial charge in [-0.2, -0.15) is 13.2 Å². The van der Waals surface area contributed by atoms with Crippen molar-refractivity contribution in [3.05, 3.63) is 23.9 Å². The average molecular weight is 273 g/mol. The number of nitrogens with zero attached hydrogens (tertiary/aromatic N) is 2. The lowest BCUT2D eigenvalue weighted by molar-refractivity contribution is -0.141. The molecule has 1 saturated carbocycles. The number of alkyl halides is 3. The van der Waals surface area contributed by atoms with Gasteiger partial charge in [0.05, 0.1) is 0 Å². The zero-order valence-corrected chi connectivity index (χ0v) is 10.7. The summed E-state index contributed by atoms with van der Waals surface area (Å²) in [6, 6.07) is 4.30. The molecular weight excluding hydrogens is 255 g/mol. The third kappa shape index (κ3) is 3.37. The molecule has 1 aromatic rings. The Morgan fingerprint density at radius 3 is 2.53 bits per heavy atom. The van der Waals surface area contributed by atoms with Crippen LogP contribution in [0, 0.1) is 0 Å². The van der Waals surface area contributed by atoms with Crippen LogP contribution in [-0.4, -0.2) is 24.1 Å². The number of hydrogen-bond donors (Lipinski definition) is 1. The maximum atomic E-state index is 12.7. The molecule has 6 heteroatoms. The highest BCUT2D eigenvalue weighted by atomic mass is 19.4. The highest BCUT2D eigenvalue weighted by Gasteiger charge is 2.33. The van der Waals surface area contributed by atoms with Crippen LogP contribution >= 0.6 is 0 Å². The standard InChI is InChI=1S/C13H18F3N3/c14-13(15,16)11-6-3-7-12(18-11)19(9-8-17)10-4-1-2-5-10/h3,6-7,10H,1-2,4-5,8-9,17H2. The summed E-state index contributed by atoms with van der Waals surface area (Å²) in [6.07, 6.45) is -0.175. The zero-order valence-electron chi connectivity index (χ0n) is 10.7. The fraction of sp³-hybridized carbons (Fsp3) is 0.615. The number of nitrogens with two attached hydrogens (primary N) is 1. The molecule has 1 aliphatic rings. The Kier molecular flexibility index (Phi) is 4.29. The second kappa shape index (κ2) is 5.77. The molecule has 0 aromatic carbocycles. The molecular formula is C13H18F3N3. The molecule has 0 bridgehead atoms. The van der Waals surface area contributed by atoms with Crippen LogP contribution in [0.4, 0.5) is 19.0 Å². The molecule has 0 spiro atoms. The SMILES string of the molecule is NCCN(c1cccc(C(F)(F)F)n1)C1CCCC1. The van der Waals surface area contributed by atoms with Gasteiger partial charge in [-0.05, 0) is 25.0 Å². The van der Waals surface area contributed by atoms with Crippen LogP contribution in [0.2, 0.25) is 0 Å². The number of anilines is 1. The highest BCUT2D eigenvalue weighted by molar-refractivity contribution is 5.41. The van der Waals surface area contributed by atoms with E-state index in [0.29, 0.717) is 18.9 Å². The van der Waals surface area contributed by atoms with Crippen molar-refractivity contribution in [2.75, 3.05) is 18.0 Å². The molecule has 2 rings (SSSR count). The van der Waals surface area contributed by atoms with Crippen molar-refractivity contribution in [3.63, 3.8) is 0 Å². The number of pyridine rings is 1. The number of hydrogen-bond acceptors (Lipinski definition) is 3. The van der Waals surface area contributed by atoms with Crippen LogP contribution in [0.3, 0.4) is 0 Å². The van der Waals surface area contributed by atoms with Crippen LogP contribution in [0.25, 0.3) is 0 Å². The predicted octanol–water partition coefficient (Wildman–Crippen LogP) is 2.81. The van der Waals surface area contributed by atoms with E-state index in [1.54, 1.807) is 6.07 Å². The third-order valence-corrected chi connectivity index (χ3v) is 3.45. The maximum Gasteiger partial charge on any atom is 0.433 e. The van der Waals surface area contributed by atoms with Gasteiger partial charge in [0.2, 0.25) is 0 Å². The lowest BCUT2D eigenvalue weighted by atomic mass is 10.2. The molecule has 1 aliphatic carbocycles. The van der Waals surface area contributed by atoms with E-state index < -0.39 is 11.9 Å². The first kappa shape index (κ1) is 14.1. The van der Waals surface area contributed by atoms with E-state index in [4.69, 9.17) is 5.73 Å². The van der Waals surface area contributed by atoms with Crippen molar-refractivity contribution >= 4 is 5.82 Å². The summed E-state index contributed by atoms with van der Waals surface area (Å²) in [5.74, 6) is 0.382. The minimum Gasteiger partial charge on any atom is -0.352 e.